The molecule has 6 nitrogen and oxygen atoms in total. The molecule has 1 aliphatic carbocycles. The molecule has 2 aromatic rings. The summed E-state index contributed by atoms with van der Waals surface area (Å²) in [6.45, 7) is 2.69. The van der Waals surface area contributed by atoms with Crippen LogP contribution in [0.5, 0.6) is 0 Å². The minimum atomic E-state index is -3.52. The topological polar surface area (TPSA) is 75.3 Å². The molecule has 4 rings (SSSR count). The number of rotatable bonds is 4. The van der Waals surface area contributed by atoms with Crippen LogP contribution in [0.4, 0.5) is 0 Å². The third kappa shape index (κ3) is 2.99. The number of morpholine rings is 1. The van der Waals surface area contributed by atoms with Gasteiger partial charge in [0.05, 0.1) is 23.3 Å². The number of H-pyrrole nitrogens is 1. The van der Waals surface area contributed by atoms with Crippen LogP contribution in [0.2, 0.25) is 0 Å². The zero-order valence-electron chi connectivity index (χ0n) is 13.6. The first-order valence-corrected chi connectivity index (χ1v) is 9.69. The van der Waals surface area contributed by atoms with Crippen LogP contribution < -0.4 is 0 Å². The van der Waals surface area contributed by atoms with Crippen LogP contribution in [0.1, 0.15) is 30.1 Å². The number of nitrogens with zero attached hydrogens (tertiary/aromatic N) is 2. The Hall–Kier alpha value is -1.70. The summed E-state index contributed by atoms with van der Waals surface area (Å²) in [7, 11) is -3.52. The maximum Gasteiger partial charge on any atom is 0.243 e. The molecule has 1 saturated carbocycles. The predicted octanol–water partition coefficient (Wildman–Crippen LogP) is 2.26. The van der Waals surface area contributed by atoms with Crippen LogP contribution in [0.3, 0.4) is 0 Å². The van der Waals surface area contributed by atoms with Crippen LogP contribution in [-0.4, -0.2) is 42.1 Å². The normalized spacial score (nSPS) is 25.7. The van der Waals surface area contributed by atoms with Crippen LogP contribution >= 0.6 is 0 Å². The molecule has 128 valence electrons. The standard InChI is InChI=1S/C17H21N3O3S/c1-12-2-6-15(7-3-12)24(21,22)20-10-16(13-4-5-13)23-17(11-20)14-8-18-19-9-14/h2-3,6-9,13,16-17H,4-5,10-11H2,1H3,(H,18,19). The molecule has 0 spiro atoms. The highest BCUT2D eigenvalue weighted by Crippen LogP contribution is 2.40. The van der Waals surface area contributed by atoms with E-state index in [1.807, 2.05) is 19.1 Å². The summed E-state index contributed by atoms with van der Waals surface area (Å²) in [4.78, 5) is 0.343. The number of hydrogen-bond acceptors (Lipinski definition) is 4. The highest BCUT2D eigenvalue weighted by molar-refractivity contribution is 7.89. The van der Waals surface area contributed by atoms with Crippen LogP contribution in [-0.2, 0) is 14.8 Å². The average Bonchev–Trinajstić information content (AvgIpc) is 3.29. The number of aryl methyl sites for hydroxylation is 1. The van der Waals surface area contributed by atoms with Gasteiger partial charge in [-0.1, -0.05) is 17.7 Å². The Morgan fingerprint density at radius 3 is 2.58 bits per heavy atom. The maximum absolute atomic E-state index is 13.0. The minimum Gasteiger partial charge on any atom is -0.367 e. The Morgan fingerprint density at radius 2 is 1.96 bits per heavy atom. The number of hydrogen-bond donors (Lipinski definition) is 1. The smallest absolute Gasteiger partial charge is 0.243 e. The molecule has 2 fully saturated rings. The second-order valence-corrected chi connectivity index (χ2v) is 8.61. The molecule has 2 heterocycles. The molecule has 7 heteroatoms. The fourth-order valence-electron chi connectivity index (χ4n) is 3.16. The van der Waals surface area contributed by atoms with Crippen molar-refractivity contribution in [2.75, 3.05) is 13.1 Å². The van der Waals surface area contributed by atoms with Gasteiger partial charge in [0.25, 0.3) is 0 Å². The monoisotopic (exact) mass is 347 g/mol. The van der Waals surface area contributed by atoms with E-state index in [2.05, 4.69) is 10.2 Å². The second-order valence-electron chi connectivity index (χ2n) is 6.67. The van der Waals surface area contributed by atoms with Crippen LogP contribution in [0.25, 0.3) is 0 Å². The summed E-state index contributed by atoms with van der Waals surface area (Å²) < 4.78 is 33.8. The van der Waals surface area contributed by atoms with Gasteiger partial charge in [0.2, 0.25) is 10.0 Å². The Kier molecular flexibility index (Phi) is 3.94. The summed E-state index contributed by atoms with van der Waals surface area (Å²) in [5.74, 6) is 0.468. The molecule has 1 saturated heterocycles. The molecule has 0 amide bonds. The number of nitrogens with one attached hydrogen (secondary N) is 1. The van der Waals surface area contributed by atoms with E-state index in [9.17, 15) is 8.42 Å². The third-order valence-corrected chi connectivity index (χ3v) is 6.64. The molecule has 1 aromatic heterocycles. The molecule has 1 aromatic carbocycles. The first-order chi connectivity index (χ1) is 11.5. The van der Waals surface area contributed by atoms with Crippen molar-refractivity contribution in [3.8, 4) is 0 Å². The van der Waals surface area contributed by atoms with Crippen molar-refractivity contribution in [3.05, 3.63) is 47.8 Å². The van der Waals surface area contributed by atoms with Crippen LogP contribution in [0, 0.1) is 12.8 Å². The molecule has 0 bridgehead atoms. The molecule has 2 unspecified atom stereocenters. The van der Waals surface area contributed by atoms with Gasteiger partial charge in [0, 0.05) is 24.8 Å². The first-order valence-electron chi connectivity index (χ1n) is 8.25. The second kappa shape index (κ2) is 5.98. The molecular weight excluding hydrogens is 326 g/mol. The lowest BCUT2D eigenvalue weighted by Crippen LogP contribution is -2.47. The van der Waals surface area contributed by atoms with Crippen molar-refractivity contribution in [1.29, 1.82) is 0 Å². The number of benzene rings is 1. The van der Waals surface area contributed by atoms with Crippen molar-refractivity contribution >= 4 is 10.0 Å². The van der Waals surface area contributed by atoms with E-state index in [1.165, 1.54) is 0 Å². The first kappa shape index (κ1) is 15.8. The van der Waals surface area contributed by atoms with Crippen molar-refractivity contribution < 1.29 is 13.2 Å². The summed E-state index contributed by atoms with van der Waals surface area (Å²) >= 11 is 0. The molecule has 2 aliphatic rings. The Labute approximate surface area is 141 Å². The third-order valence-electron chi connectivity index (χ3n) is 4.79. The quantitative estimate of drug-likeness (QED) is 0.920. The van der Waals surface area contributed by atoms with Gasteiger partial charge < -0.3 is 4.74 Å². The van der Waals surface area contributed by atoms with E-state index in [1.54, 1.807) is 28.8 Å². The molecule has 1 aliphatic heterocycles. The van der Waals surface area contributed by atoms with E-state index >= 15 is 0 Å². The lowest BCUT2D eigenvalue weighted by atomic mass is 10.1. The van der Waals surface area contributed by atoms with Crippen molar-refractivity contribution in [2.24, 2.45) is 5.92 Å². The van der Waals surface area contributed by atoms with Crippen molar-refractivity contribution in [1.82, 2.24) is 14.5 Å². The number of aromatic nitrogens is 2. The van der Waals surface area contributed by atoms with E-state index in [0.717, 1.165) is 24.0 Å². The van der Waals surface area contributed by atoms with Gasteiger partial charge in [-0.15, -0.1) is 0 Å². The summed E-state index contributed by atoms with van der Waals surface area (Å²) in [5.41, 5.74) is 1.94. The molecule has 24 heavy (non-hydrogen) atoms. The summed E-state index contributed by atoms with van der Waals surface area (Å²) in [6.07, 6.45) is 5.39. The Bertz CT molecular complexity index is 798. The van der Waals surface area contributed by atoms with Crippen molar-refractivity contribution in [2.45, 2.75) is 36.9 Å². The Morgan fingerprint density at radius 1 is 1.21 bits per heavy atom. The van der Waals surface area contributed by atoms with E-state index in [4.69, 9.17) is 4.74 Å². The average molecular weight is 347 g/mol. The van der Waals surface area contributed by atoms with Gasteiger partial charge in [0.1, 0.15) is 0 Å². The predicted molar refractivity (Wildman–Crippen MR) is 88.9 cm³/mol. The Balaban J connectivity index is 1.63. The van der Waals surface area contributed by atoms with E-state index < -0.39 is 10.0 Å². The molecule has 2 atom stereocenters. The maximum atomic E-state index is 13.0. The lowest BCUT2D eigenvalue weighted by Gasteiger charge is -2.37. The number of aromatic amines is 1. The largest absolute Gasteiger partial charge is 0.367 e. The molecular formula is C17H21N3O3S. The zero-order valence-corrected chi connectivity index (χ0v) is 14.4. The fraction of sp³-hybridized carbons (Fsp3) is 0.471. The van der Waals surface area contributed by atoms with E-state index in [-0.39, 0.29) is 12.2 Å². The summed E-state index contributed by atoms with van der Waals surface area (Å²) in [6, 6.07) is 7.02. The number of ether oxygens (including phenoxy) is 1. The van der Waals surface area contributed by atoms with Gasteiger partial charge in [-0.2, -0.15) is 9.40 Å². The van der Waals surface area contributed by atoms with Gasteiger partial charge in [-0.3, -0.25) is 5.10 Å². The van der Waals surface area contributed by atoms with Crippen LogP contribution in [0.15, 0.2) is 41.6 Å². The number of sulfonamides is 1. The van der Waals surface area contributed by atoms with Gasteiger partial charge in [0.15, 0.2) is 0 Å². The highest BCUT2D eigenvalue weighted by Gasteiger charge is 2.42. The molecule has 0 radical (unpaired) electrons. The molecule has 1 N–H and O–H groups in total. The SMILES string of the molecule is Cc1ccc(S(=O)(=O)N2CC(c3cn[nH]c3)OC(C3CC3)C2)cc1. The van der Waals surface area contributed by atoms with Gasteiger partial charge in [-0.25, -0.2) is 8.42 Å². The minimum absolute atomic E-state index is 0.0427. The lowest BCUT2D eigenvalue weighted by molar-refractivity contribution is -0.0747. The fourth-order valence-corrected chi connectivity index (χ4v) is 4.61. The van der Waals surface area contributed by atoms with Crippen molar-refractivity contribution in [3.63, 3.8) is 0 Å². The summed E-state index contributed by atoms with van der Waals surface area (Å²) in [5, 5.41) is 6.75. The highest BCUT2D eigenvalue weighted by atomic mass is 32.2. The van der Waals surface area contributed by atoms with Gasteiger partial charge >= 0.3 is 0 Å². The zero-order chi connectivity index (χ0) is 16.7. The van der Waals surface area contributed by atoms with E-state index in [0.29, 0.717) is 23.9 Å². The van der Waals surface area contributed by atoms with Gasteiger partial charge in [-0.05, 0) is 37.8 Å².